The number of aryl methyl sites for hydroxylation is 1. The van der Waals surface area contributed by atoms with Crippen LogP contribution >= 0.6 is 0 Å². The normalized spacial score (nSPS) is 19.3. The van der Waals surface area contributed by atoms with Crippen LogP contribution in [-0.2, 0) is 11.0 Å². The van der Waals surface area contributed by atoms with Crippen LogP contribution in [0.15, 0.2) is 0 Å². The van der Waals surface area contributed by atoms with Crippen LogP contribution in [0, 0.1) is 13.8 Å². The second-order valence-electron chi connectivity index (χ2n) is 5.68. The van der Waals surface area contributed by atoms with E-state index in [1.807, 2.05) is 6.92 Å². The zero-order valence-electron chi connectivity index (χ0n) is 12.8. The van der Waals surface area contributed by atoms with Crippen LogP contribution in [0.1, 0.15) is 23.9 Å². The van der Waals surface area contributed by atoms with E-state index in [1.54, 1.807) is 18.7 Å². The van der Waals surface area contributed by atoms with Gasteiger partial charge in [0.2, 0.25) is 5.91 Å². The first kappa shape index (κ1) is 15.5. The molecule has 0 aliphatic carbocycles. The van der Waals surface area contributed by atoms with Crippen molar-refractivity contribution >= 4 is 17.4 Å². The van der Waals surface area contributed by atoms with Crippen LogP contribution in [0.3, 0.4) is 0 Å². The summed E-state index contributed by atoms with van der Waals surface area (Å²) >= 11 is 0. The Labute approximate surface area is 129 Å². The van der Waals surface area contributed by atoms with Crippen LogP contribution in [0.4, 0.5) is 19.0 Å². The third kappa shape index (κ3) is 2.57. The molecule has 0 aromatic carbocycles. The van der Waals surface area contributed by atoms with E-state index < -0.39 is 12.0 Å². The Morgan fingerprint density at radius 3 is 2.52 bits per heavy atom. The summed E-state index contributed by atoms with van der Waals surface area (Å²) in [5, 5.41) is 13.6. The summed E-state index contributed by atoms with van der Waals surface area (Å²) < 4.78 is 39.8. The van der Waals surface area contributed by atoms with E-state index in [2.05, 4.69) is 20.6 Å². The molecule has 1 saturated heterocycles. The maximum atomic E-state index is 13.0. The maximum absolute atomic E-state index is 13.0. The number of hydrogen-bond acceptors (Lipinski definition) is 5. The molecule has 10 heteroatoms. The predicted molar refractivity (Wildman–Crippen MR) is 75.1 cm³/mol. The van der Waals surface area contributed by atoms with Gasteiger partial charge >= 0.3 is 6.18 Å². The molecule has 0 saturated carbocycles. The minimum absolute atomic E-state index is 0.0482. The zero-order chi connectivity index (χ0) is 16.9. The van der Waals surface area contributed by atoms with Gasteiger partial charge in [0.15, 0.2) is 11.5 Å². The highest BCUT2D eigenvalue weighted by Crippen LogP contribution is 2.30. The minimum atomic E-state index is -4.65. The summed E-state index contributed by atoms with van der Waals surface area (Å²) in [6.07, 6.45) is -4.65. The number of nitrogens with zero attached hydrogens (tertiary/aromatic N) is 5. The number of halogens is 3. The van der Waals surface area contributed by atoms with Crippen molar-refractivity contribution in [3.63, 3.8) is 0 Å². The molecule has 1 unspecified atom stereocenters. The van der Waals surface area contributed by atoms with Gasteiger partial charge in [-0.1, -0.05) is 0 Å². The van der Waals surface area contributed by atoms with Crippen LogP contribution in [0.5, 0.6) is 0 Å². The molecule has 7 nitrogen and oxygen atoms in total. The van der Waals surface area contributed by atoms with Crippen LogP contribution in [0.2, 0.25) is 0 Å². The molecule has 1 aliphatic rings. The Hall–Kier alpha value is -2.39. The lowest BCUT2D eigenvalue weighted by Crippen LogP contribution is -2.53. The van der Waals surface area contributed by atoms with Gasteiger partial charge in [-0.15, -0.1) is 15.3 Å². The molecule has 3 rings (SSSR count). The van der Waals surface area contributed by atoms with Gasteiger partial charge in [-0.3, -0.25) is 4.79 Å². The second-order valence-corrected chi connectivity index (χ2v) is 5.68. The Bertz CT molecular complexity index is 784. The first-order chi connectivity index (χ1) is 10.7. The van der Waals surface area contributed by atoms with Gasteiger partial charge in [0.25, 0.3) is 5.82 Å². The first-order valence-electron chi connectivity index (χ1n) is 7.02. The van der Waals surface area contributed by atoms with Crippen LogP contribution in [0.25, 0.3) is 5.65 Å². The lowest BCUT2D eigenvalue weighted by molar-refractivity contribution is -0.146. The topological polar surface area (TPSA) is 75.4 Å². The third-order valence-electron chi connectivity index (χ3n) is 3.86. The van der Waals surface area contributed by atoms with Gasteiger partial charge in [0.05, 0.1) is 6.54 Å². The average molecular weight is 328 g/mol. The third-order valence-corrected chi connectivity index (χ3v) is 3.86. The molecule has 1 fully saturated rings. The van der Waals surface area contributed by atoms with Gasteiger partial charge in [0, 0.05) is 23.7 Å². The van der Waals surface area contributed by atoms with Gasteiger partial charge in [-0.2, -0.15) is 17.7 Å². The van der Waals surface area contributed by atoms with Crippen molar-refractivity contribution in [2.45, 2.75) is 33.0 Å². The number of nitrogens with one attached hydrogen (secondary N) is 1. The molecular formula is C13H15F3N6O. The number of rotatable bonds is 1. The number of alkyl halides is 3. The summed E-state index contributed by atoms with van der Waals surface area (Å²) in [5.74, 6) is -1.03. The van der Waals surface area contributed by atoms with Crippen molar-refractivity contribution in [3.05, 3.63) is 17.0 Å². The molecule has 124 valence electrons. The molecule has 0 spiro atoms. The number of amides is 1. The van der Waals surface area contributed by atoms with Crippen molar-refractivity contribution in [2.24, 2.45) is 0 Å². The highest BCUT2D eigenvalue weighted by molar-refractivity contribution is 5.83. The minimum Gasteiger partial charge on any atom is -0.350 e. The van der Waals surface area contributed by atoms with Gasteiger partial charge in [0.1, 0.15) is 0 Å². The van der Waals surface area contributed by atoms with E-state index in [0.717, 1.165) is 0 Å². The Morgan fingerprint density at radius 1 is 1.22 bits per heavy atom. The maximum Gasteiger partial charge on any atom is 0.453 e. The Kier molecular flexibility index (Phi) is 3.42. The molecule has 0 bridgehead atoms. The highest BCUT2D eigenvalue weighted by atomic mass is 19.4. The summed E-state index contributed by atoms with van der Waals surface area (Å²) in [7, 11) is 0. The number of hydrogen-bond donors (Lipinski definition) is 1. The van der Waals surface area contributed by atoms with Crippen molar-refractivity contribution in [1.29, 1.82) is 0 Å². The fourth-order valence-electron chi connectivity index (χ4n) is 2.69. The monoisotopic (exact) mass is 328 g/mol. The van der Waals surface area contributed by atoms with Crippen LogP contribution in [-0.4, -0.2) is 44.8 Å². The number of aromatic nitrogens is 4. The lowest BCUT2D eigenvalue weighted by Gasteiger charge is -2.33. The van der Waals surface area contributed by atoms with Crippen LogP contribution < -0.4 is 10.2 Å². The van der Waals surface area contributed by atoms with E-state index in [4.69, 9.17) is 0 Å². The molecule has 2 aromatic heterocycles. The largest absolute Gasteiger partial charge is 0.453 e. The fourth-order valence-corrected chi connectivity index (χ4v) is 2.69. The Morgan fingerprint density at radius 2 is 1.91 bits per heavy atom. The Balaban J connectivity index is 2.17. The predicted octanol–water partition coefficient (Wildman–Crippen LogP) is 1.08. The van der Waals surface area contributed by atoms with Crippen molar-refractivity contribution in [2.75, 3.05) is 18.0 Å². The van der Waals surface area contributed by atoms with Crippen molar-refractivity contribution in [3.8, 4) is 0 Å². The van der Waals surface area contributed by atoms with Crippen molar-refractivity contribution in [1.82, 2.24) is 25.1 Å². The molecule has 2 aromatic rings. The van der Waals surface area contributed by atoms with E-state index in [0.29, 0.717) is 28.0 Å². The first-order valence-corrected chi connectivity index (χ1v) is 7.02. The summed E-state index contributed by atoms with van der Waals surface area (Å²) in [6, 6.07) is -0.114. The van der Waals surface area contributed by atoms with E-state index >= 15 is 0 Å². The molecule has 1 atom stereocenters. The van der Waals surface area contributed by atoms with E-state index in [-0.39, 0.29) is 24.1 Å². The summed E-state index contributed by atoms with van der Waals surface area (Å²) in [4.78, 5) is 13.4. The molecular weight excluding hydrogens is 313 g/mol. The SMILES string of the molecule is Cc1c(N2CC(=O)NC(C)C2)nn2c(C(F)(F)F)nnc2c1C. The number of fused-ring (bicyclic) bond motifs is 1. The molecule has 0 radical (unpaired) electrons. The molecule has 1 amide bonds. The second kappa shape index (κ2) is 5.07. The average Bonchev–Trinajstić information content (AvgIpc) is 2.85. The lowest BCUT2D eigenvalue weighted by atomic mass is 10.1. The molecule has 3 heterocycles. The van der Waals surface area contributed by atoms with Crippen molar-refractivity contribution < 1.29 is 18.0 Å². The molecule has 1 N–H and O–H groups in total. The smallest absolute Gasteiger partial charge is 0.350 e. The van der Waals surface area contributed by atoms with Gasteiger partial charge in [-0.05, 0) is 20.8 Å². The molecule has 23 heavy (non-hydrogen) atoms. The van der Waals surface area contributed by atoms with Gasteiger partial charge in [-0.25, -0.2) is 0 Å². The van der Waals surface area contributed by atoms with E-state index in [1.165, 1.54) is 0 Å². The zero-order valence-corrected chi connectivity index (χ0v) is 12.8. The number of anilines is 1. The number of piperazine rings is 1. The number of carbonyl (C=O) groups is 1. The molecule has 1 aliphatic heterocycles. The standard InChI is InChI=1S/C13H15F3N6O/c1-6-4-21(5-9(23)17-6)11-8(3)7(2)10-18-19-12(13(14,15)16)22(10)20-11/h6H,4-5H2,1-3H3,(H,17,23). The summed E-state index contributed by atoms with van der Waals surface area (Å²) in [6.45, 7) is 5.75. The highest BCUT2D eigenvalue weighted by Gasteiger charge is 2.38. The number of carbonyl (C=O) groups excluding carboxylic acids is 1. The van der Waals surface area contributed by atoms with E-state index in [9.17, 15) is 18.0 Å². The van der Waals surface area contributed by atoms with Gasteiger partial charge < -0.3 is 10.2 Å². The fraction of sp³-hybridized carbons (Fsp3) is 0.538. The quantitative estimate of drug-likeness (QED) is 0.848. The summed E-state index contributed by atoms with van der Waals surface area (Å²) in [5.41, 5.74) is 1.30.